The zero-order chi connectivity index (χ0) is 8.97. The lowest BCUT2D eigenvalue weighted by Gasteiger charge is -2.08. The molecule has 3 nitrogen and oxygen atoms in total. The molecule has 3 heteroatoms. The second-order valence-corrected chi connectivity index (χ2v) is 2.68. The number of rotatable bonds is 4. The van der Waals surface area contributed by atoms with Crippen molar-refractivity contribution in [1.29, 1.82) is 0 Å². The van der Waals surface area contributed by atoms with Gasteiger partial charge in [-0.1, -0.05) is 6.92 Å². The minimum absolute atomic E-state index is 0.0627. The van der Waals surface area contributed by atoms with E-state index >= 15 is 0 Å². The summed E-state index contributed by atoms with van der Waals surface area (Å²) in [5.74, 6) is 1.76. The Kier molecular flexibility index (Phi) is 3.31. The molecule has 0 saturated heterocycles. The summed E-state index contributed by atoms with van der Waals surface area (Å²) < 4.78 is 5.45. The van der Waals surface area contributed by atoms with E-state index in [-0.39, 0.29) is 12.6 Å². The minimum atomic E-state index is -0.0784. The summed E-state index contributed by atoms with van der Waals surface area (Å²) in [6.45, 7) is 2.10. The van der Waals surface area contributed by atoms with E-state index in [2.05, 4.69) is 5.32 Å². The fourth-order valence-electron chi connectivity index (χ4n) is 1.10. The van der Waals surface area contributed by atoms with Crippen molar-refractivity contribution in [2.24, 2.45) is 0 Å². The number of hydrogen-bond donors (Lipinski definition) is 2. The van der Waals surface area contributed by atoms with Crippen LogP contribution in [-0.2, 0) is 6.42 Å². The molecule has 2 N–H and O–H groups in total. The van der Waals surface area contributed by atoms with E-state index in [9.17, 15) is 0 Å². The van der Waals surface area contributed by atoms with E-state index in [1.165, 1.54) is 0 Å². The maximum Gasteiger partial charge on any atom is 0.123 e. The highest BCUT2D eigenvalue weighted by Gasteiger charge is 2.11. The van der Waals surface area contributed by atoms with Crippen LogP contribution in [0.2, 0.25) is 0 Å². The fraction of sp³-hybridized carbons (Fsp3) is 0.556. The van der Waals surface area contributed by atoms with Crippen LogP contribution in [0.5, 0.6) is 0 Å². The molecule has 0 amide bonds. The molecule has 1 aromatic heterocycles. The second kappa shape index (κ2) is 4.28. The molecule has 0 aliphatic heterocycles. The van der Waals surface area contributed by atoms with Crippen molar-refractivity contribution in [2.75, 3.05) is 13.7 Å². The van der Waals surface area contributed by atoms with Crippen molar-refractivity contribution in [3.63, 3.8) is 0 Å². The molecule has 0 fully saturated rings. The van der Waals surface area contributed by atoms with Crippen molar-refractivity contribution < 1.29 is 9.52 Å². The summed E-state index contributed by atoms with van der Waals surface area (Å²) in [4.78, 5) is 0. The summed E-state index contributed by atoms with van der Waals surface area (Å²) >= 11 is 0. The number of nitrogens with one attached hydrogen (secondary N) is 1. The Balaban J connectivity index is 2.72. The first-order valence-electron chi connectivity index (χ1n) is 4.18. The zero-order valence-electron chi connectivity index (χ0n) is 7.50. The summed E-state index contributed by atoms with van der Waals surface area (Å²) in [6.07, 6.45) is 0.891. The molecule has 1 aromatic rings. The van der Waals surface area contributed by atoms with Crippen LogP contribution in [0.1, 0.15) is 24.5 Å². The maximum absolute atomic E-state index is 8.94. The third-order valence-corrected chi connectivity index (χ3v) is 1.91. The third-order valence-electron chi connectivity index (χ3n) is 1.91. The summed E-state index contributed by atoms with van der Waals surface area (Å²) in [7, 11) is 1.80. The van der Waals surface area contributed by atoms with Crippen LogP contribution < -0.4 is 5.32 Å². The van der Waals surface area contributed by atoms with Gasteiger partial charge in [-0.3, -0.25) is 0 Å². The first-order valence-corrected chi connectivity index (χ1v) is 4.18. The minimum Gasteiger partial charge on any atom is -0.464 e. The van der Waals surface area contributed by atoms with Gasteiger partial charge in [0.05, 0.1) is 12.6 Å². The van der Waals surface area contributed by atoms with Crippen molar-refractivity contribution >= 4 is 0 Å². The van der Waals surface area contributed by atoms with Gasteiger partial charge < -0.3 is 14.8 Å². The van der Waals surface area contributed by atoms with Gasteiger partial charge >= 0.3 is 0 Å². The van der Waals surface area contributed by atoms with Crippen molar-refractivity contribution in [3.05, 3.63) is 23.7 Å². The third kappa shape index (κ3) is 1.87. The number of aliphatic hydroxyl groups excluding tert-OH is 1. The van der Waals surface area contributed by atoms with Crippen molar-refractivity contribution in [3.8, 4) is 0 Å². The van der Waals surface area contributed by atoms with Crippen LogP contribution in [-0.4, -0.2) is 18.8 Å². The highest BCUT2D eigenvalue weighted by molar-refractivity contribution is 5.10. The van der Waals surface area contributed by atoms with Crippen molar-refractivity contribution in [1.82, 2.24) is 5.32 Å². The number of aryl methyl sites for hydroxylation is 1. The van der Waals surface area contributed by atoms with Crippen LogP contribution in [0.25, 0.3) is 0 Å². The van der Waals surface area contributed by atoms with Gasteiger partial charge in [0.2, 0.25) is 0 Å². The molecule has 0 bridgehead atoms. The monoisotopic (exact) mass is 169 g/mol. The Morgan fingerprint density at radius 3 is 2.75 bits per heavy atom. The topological polar surface area (TPSA) is 45.4 Å². The highest BCUT2D eigenvalue weighted by Crippen LogP contribution is 2.15. The number of likely N-dealkylation sites (N-methyl/N-ethyl adjacent to an activating group) is 1. The van der Waals surface area contributed by atoms with E-state index in [4.69, 9.17) is 9.52 Å². The lowest BCUT2D eigenvalue weighted by Crippen LogP contribution is -2.19. The lowest BCUT2D eigenvalue weighted by atomic mass is 10.2. The molecule has 1 atom stereocenters. The molecule has 1 heterocycles. The van der Waals surface area contributed by atoms with Crippen LogP contribution in [0, 0.1) is 0 Å². The number of furan rings is 1. The Bertz CT molecular complexity index is 228. The first kappa shape index (κ1) is 9.29. The predicted octanol–water partition coefficient (Wildman–Crippen LogP) is 1.09. The molecule has 0 saturated carbocycles. The van der Waals surface area contributed by atoms with Gasteiger partial charge in [0.25, 0.3) is 0 Å². The summed E-state index contributed by atoms with van der Waals surface area (Å²) in [5.41, 5.74) is 0. The average molecular weight is 169 g/mol. The molecule has 12 heavy (non-hydrogen) atoms. The molecule has 0 spiro atoms. The lowest BCUT2D eigenvalue weighted by molar-refractivity contribution is 0.231. The first-order chi connectivity index (χ1) is 5.81. The van der Waals surface area contributed by atoms with Gasteiger partial charge in [0.15, 0.2) is 0 Å². The number of hydrogen-bond acceptors (Lipinski definition) is 3. The molecule has 0 aromatic carbocycles. The van der Waals surface area contributed by atoms with Gasteiger partial charge in [0.1, 0.15) is 11.5 Å². The van der Waals surface area contributed by atoms with Crippen LogP contribution in [0.15, 0.2) is 16.5 Å². The van der Waals surface area contributed by atoms with E-state index in [0.717, 1.165) is 17.9 Å². The van der Waals surface area contributed by atoms with Gasteiger partial charge in [0, 0.05) is 6.42 Å². The molecular weight excluding hydrogens is 154 g/mol. The van der Waals surface area contributed by atoms with E-state index in [1.807, 2.05) is 19.1 Å². The van der Waals surface area contributed by atoms with Gasteiger partial charge in [-0.25, -0.2) is 0 Å². The smallest absolute Gasteiger partial charge is 0.123 e. The largest absolute Gasteiger partial charge is 0.464 e. The SMILES string of the molecule is CCc1ccc([C@@H](CO)NC)o1. The Labute approximate surface area is 72.4 Å². The van der Waals surface area contributed by atoms with Crippen LogP contribution in [0.3, 0.4) is 0 Å². The maximum atomic E-state index is 8.94. The molecule has 1 rings (SSSR count). The zero-order valence-corrected chi connectivity index (χ0v) is 7.50. The van der Waals surface area contributed by atoms with Crippen LogP contribution >= 0.6 is 0 Å². The fourth-order valence-corrected chi connectivity index (χ4v) is 1.10. The number of aliphatic hydroxyl groups is 1. The Hall–Kier alpha value is -0.800. The summed E-state index contributed by atoms with van der Waals surface area (Å²) in [5, 5.41) is 11.9. The second-order valence-electron chi connectivity index (χ2n) is 2.68. The van der Waals surface area contributed by atoms with E-state index < -0.39 is 0 Å². The highest BCUT2D eigenvalue weighted by atomic mass is 16.3. The van der Waals surface area contributed by atoms with Crippen LogP contribution in [0.4, 0.5) is 0 Å². The van der Waals surface area contributed by atoms with E-state index in [0.29, 0.717) is 0 Å². The van der Waals surface area contributed by atoms with Gasteiger partial charge in [-0.05, 0) is 19.2 Å². The van der Waals surface area contributed by atoms with E-state index in [1.54, 1.807) is 7.05 Å². The molecular formula is C9H15NO2. The molecule has 68 valence electrons. The average Bonchev–Trinajstić information content (AvgIpc) is 2.55. The van der Waals surface area contributed by atoms with Crippen molar-refractivity contribution in [2.45, 2.75) is 19.4 Å². The Morgan fingerprint density at radius 2 is 2.33 bits per heavy atom. The molecule has 0 unspecified atom stereocenters. The quantitative estimate of drug-likeness (QED) is 0.709. The van der Waals surface area contributed by atoms with Gasteiger partial charge in [-0.15, -0.1) is 0 Å². The summed E-state index contributed by atoms with van der Waals surface area (Å²) in [6, 6.07) is 3.76. The predicted molar refractivity (Wildman–Crippen MR) is 47.0 cm³/mol. The molecule has 0 aliphatic carbocycles. The molecule has 0 radical (unpaired) electrons. The molecule has 0 aliphatic rings. The Morgan fingerprint density at radius 1 is 1.58 bits per heavy atom. The van der Waals surface area contributed by atoms with Gasteiger partial charge in [-0.2, -0.15) is 0 Å². The standard InChI is InChI=1S/C9H15NO2/c1-3-7-4-5-9(12-7)8(6-11)10-2/h4-5,8,10-11H,3,6H2,1-2H3/t8-/m1/s1. The normalized spacial score (nSPS) is 13.2.